The lowest BCUT2D eigenvalue weighted by atomic mass is 9.85. The number of methoxy groups -OCH3 is 1. The first-order chi connectivity index (χ1) is 14.6. The molecular weight excluding hydrogens is 507 g/mol. The molecule has 0 aromatic heterocycles. The van der Waals surface area contributed by atoms with Crippen molar-refractivity contribution in [2.75, 3.05) is 33.3 Å². The topological polar surface area (TPSA) is 83.0 Å². The van der Waals surface area contributed by atoms with Gasteiger partial charge in [-0.25, -0.2) is 0 Å². The Balaban J connectivity index is 0.00000272. The van der Waals surface area contributed by atoms with Gasteiger partial charge in [-0.15, -0.1) is 24.0 Å². The molecule has 168 valence electrons. The maximum absolute atomic E-state index is 12.8. The third kappa shape index (κ3) is 4.88. The summed E-state index contributed by atoms with van der Waals surface area (Å²) in [6.45, 7) is 4.25. The number of carbonyl (C=O) groups excluding carboxylic acids is 2. The van der Waals surface area contributed by atoms with Crippen molar-refractivity contribution in [3.05, 3.63) is 42.0 Å². The van der Waals surface area contributed by atoms with Crippen molar-refractivity contribution < 1.29 is 14.3 Å². The first-order valence-corrected chi connectivity index (χ1v) is 10.8. The van der Waals surface area contributed by atoms with E-state index in [4.69, 9.17) is 4.74 Å². The first-order valence-electron chi connectivity index (χ1n) is 10.8. The summed E-state index contributed by atoms with van der Waals surface area (Å²) in [5, 5.41) is 6.47. The number of likely N-dealkylation sites (tertiary alicyclic amines) is 1. The SMILES string of the molecule is CCNC(=NCCc1cccc(OC)c1)NCCN1C(=O)C2C3C=CC(C3)C2C1=O.I. The summed E-state index contributed by atoms with van der Waals surface area (Å²) in [5.41, 5.74) is 1.16. The molecule has 1 aromatic carbocycles. The van der Waals surface area contributed by atoms with Crippen LogP contribution < -0.4 is 15.4 Å². The highest BCUT2D eigenvalue weighted by Gasteiger charge is 2.58. The monoisotopic (exact) mass is 538 g/mol. The smallest absolute Gasteiger partial charge is 0.233 e. The second kappa shape index (κ2) is 10.5. The zero-order valence-electron chi connectivity index (χ0n) is 18.0. The number of hydrogen-bond donors (Lipinski definition) is 2. The van der Waals surface area contributed by atoms with Crippen molar-refractivity contribution in [3.8, 4) is 5.75 Å². The maximum Gasteiger partial charge on any atom is 0.233 e. The van der Waals surface area contributed by atoms with Gasteiger partial charge in [0.15, 0.2) is 5.96 Å². The molecule has 4 rings (SSSR count). The highest BCUT2D eigenvalue weighted by molar-refractivity contribution is 14.0. The number of amides is 2. The van der Waals surface area contributed by atoms with Crippen molar-refractivity contribution in [3.63, 3.8) is 0 Å². The highest BCUT2D eigenvalue weighted by atomic mass is 127. The molecule has 8 heteroatoms. The van der Waals surface area contributed by atoms with Gasteiger partial charge in [0.25, 0.3) is 0 Å². The molecular formula is C23H31IN4O3. The standard InChI is InChI=1S/C23H30N4O3.HI/c1-3-24-23(25-10-9-15-5-4-6-18(13-15)30-2)26-11-12-27-21(28)19-16-7-8-17(14-16)20(19)22(27)29;/h4-8,13,16-17,19-20H,3,9-12,14H2,1-2H3,(H2,24,25,26);1H. The molecule has 3 aliphatic rings. The van der Waals surface area contributed by atoms with Crippen LogP contribution in [0.3, 0.4) is 0 Å². The molecule has 2 N–H and O–H groups in total. The van der Waals surface area contributed by atoms with Crippen molar-refractivity contribution in [1.29, 1.82) is 0 Å². The Labute approximate surface area is 200 Å². The predicted molar refractivity (Wildman–Crippen MR) is 131 cm³/mol. The summed E-state index contributed by atoms with van der Waals surface area (Å²) in [6.07, 6.45) is 6.01. The molecule has 2 amide bonds. The van der Waals surface area contributed by atoms with E-state index in [1.165, 1.54) is 4.90 Å². The number of guanidine groups is 1. The van der Waals surface area contributed by atoms with E-state index in [0.29, 0.717) is 25.6 Å². The summed E-state index contributed by atoms with van der Waals surface area (Å²) in [5.74, 6) is 1.80. The highest BCUT2D eigenvalue weighted by Crippen LogP contribution is 2.52. The Hall–Kier alpha value is -2.10. The minimum atomic E-state index is -0.128. The quantitative estimate of drug-likeness (QED) is 0.175. The van der Waals surface area contributed by atoms with Gasteiger partial charge in [-0.05, 0) is 49.3 Å². The second-order valence-electron chi connectivity index (χ2n) is 8.12. The number of fused-ring (bicyclic) bond motifs is 5. The van der Waals surface area contributed by atoms with E-state index in [-0.39, 0.29) is 59.5 Å². The molecule has 1 saturated carbocycles. The molecule has 2 fully saturated rings. The van der Waals surface area contributed by atoms with Gasteiger partial charge >= 0.3 is 0 Å². The van der Waals surface area contributed by atoms with Crippen LogP contribution in [0.1, 0.15) is 18.9 Å². The molecule has 1 heterocycles. The molecule has 0 spiro atoms. The zero-order valence-corrected chi connectivity index (χ0v) is 20.4. The molecule has 4 unspecified atom stereocenters. The minimum Gasteiger partial charge on any atom is -0.497 e. The number of halogens is 1. The van der Waals surface area contributed by atoms with Crippen molar-refractivity contribution in [2.24, 2.45) is 28.7 Å². The number of allylic oxidation sites excluding steroid dienone is 2. The molecule has 1 aromatic rings. The maximum atomic E-state index is 12.8. The van der Waals surface area contributed by atoms with Gasteiger partial charge in [-0.2, -0.15) is 0 Å². The second-order valence-corrected chi connectivity index (χ2v) is 8.12. The predicted octanol–water partition coefficient (Wildman–Crippen LogP) is 2.22. The van der Waals surface area contributed by atoms with Crippen LogP contribution in [0.25, 0.3) is 0 Å². The molecule has 7 nitrogen and oxygen atoms in total. The van der Waals surface area contributed by atoms with Crippen LogP contribution in [0.4, 0.5) is 0 Å². The molecule has 2 bridgehead atoms. The van der Waals surface area contributed by atoms with Gasteiger partial charge in [-0.1, -0.05) is 24.3 Å². The average molecular weight is 538 g/mol. The zero-order chi connectivity index (χ0) is 21.1. The van der Waals surface area contributed by atoms with E-state index in [0.717, 1.165) is 30.7 Å². The van der Waals surface area contributed by atoms with E-state index in [1.54, 1.807) is 7.11 Å². The number of benzene rings is 1. The van der Waals surface area contributed by atoms with E-state index in [9.17, 15) is 9.59 Å². The van der Waals surface area contributed by atoms with E-state index < -0.39 is 0 Å². The summed E-state index contributed by atoms with van der Waals surface area (Å²) in [7, 11) is 1.66. The van der Waals surface area contributed by atoms with Gasteiger partial charge < -0.3 is 15.4 Å². The van der Waals surface area contributed by atoms with Crippen LogP contribution in [-0.2, 0) is 16.0 Å². The number of rotatable bonds is 8. The number of nitrogens with one attached hydrogen (secondary N) is 2. The molecule has 2 aliphatic carbocycles. The Morgan fingerprint density at radius 1 is 1.16 bits per heavy atom. The Morgan fingerprint density at radius 2 is 1.87 bits per heavy atom. The van der Waals surface area contributed by atoms with Gasteiger partial charge in [-0.3, -0.25) is 19.5 Å². The summed E-state index contributed by atoms with van der Waals surface area (Å²) in [6, 6.07) is 7.97. The van der Waals surface area contributed by atoms with Crippen molar-refractivity contribution >= 4 is 41.8 Å². The molecule has 1 aliphatic heterocycles. The molecule has 4 atom stereocenters. The van der Waals surface area contributed by atoms with Crippen molar-refractivity contribution in [1.82, 2.24) is 15.5 Å². The van der Waals surface area contributed by atoms with Gasteiger partial charge in [0.05, 0.1) is 18.9 Å². The van der Waals surface area contributed by atoms with E-state index >= 15 is 0 Å². The molecule has 31 heavy (non-hydrogen) atoms. The third-order valence-corrected chi connectivity index (χ3v) is 6.34. The number of ether oxygens (including phenoxy) is 1. The lowest BCUT2D eigenvalue weighted by Crippen LogP contribution is -2.43. The van der Waals surface area contributed by atoms with Crippen LogP contribution in [0.15, 0.2) is 41.4 Å². The number of nitrogens with zero attached hydrogens (tertiary/aromatic N) is 2. The van der Waals surface area contributed by atoms with E-state index in [1.807, 2.05) is 25.1 Å². The van der Waals surface area contributed by atoms with E-state index in [2.05, 4.69) is 33.8 Å². The Bertz CT molecular complexity index is 842. The Kier molecular flexibility index (Phi) is 7.96. The normalized spacial score (nSPS) is 26.1. The fraction of sp³-hybridized carbons (Fsp3) is 0.522. The summed E-state index contributed by atoms with van der Waals surface area (Å²) < 4.78 is 5.26. The average Bonchev–Trinajstić information content (AvgIpc) is 3.43. The van der Waals surface area contributed by atoms with Crippen molar-refractivity contribution in [2.45, 2.75) is 19.8 Å². The summed E-state index contributed by atoms with van der Waals surface area (Å²) in [4.78, 5) is 31.6. The largest absolute Gasteiger partial charge is 0.497 e. The molecule has 1 saturated heterocycles. The van der Waals surface area contributed by atoms with Gasteiger partial charge in [0, 0.05) is 26.2 Å². The Morgan fingerprint density at radius 3 is 2.52 bits per heavy atom. The fourth-order valence-electron chi connectivity index (χ4n) is 4.94. The third-order valence-electron chi connectivity index (χ3n) is 6.34. The van der Waals surface area contributed by atoms with Gasteiger partial charge in [0.1, 0.15) is 5.75 Å². The van der Waals surface area contributed by atoms with Crippen LogP contribution in [0.5, 0.6) is 5.75 Å². The lowest BCUT2D eigenvalue weighted by molar-refractivity contribution is -0.140. The minimum absolute atomic E-state index is 0. The first kappa shape index (κ1) is 23.6. The van der Waals surface area contributed by atoms with Gasteiger partial charge in [0.2, 0.25) is 11.8 Å². The number of imide groups is 1. The van der Waals surface area contributed by atoms with Crippen LogP contribution in [0.2, 0.25) is 0 Å². The fourth-order valence-corrected chi connectivity index (χ4v) is 4.94. The van der Waals surface area contributed by atoms with Crippen LogP contribution in [0, 0.1) is 23.7 Å². The lowest BCUT2D eigenvalue weighted by Gasteiger charge is -2.18. The number of hydrogen-bond acceptors (Lipinski definition) is 4. The van der Waals surface area contributed by atoms with Crippen LogP contribution >= 0.6 is 24.0 Å². The number of carbonyl (C=O) groups is 2. The molecule has 0 radical (unpaired) electrons. The summed E-state index contributed by atoms with van der Waals surface area (Å²) >= 11 is 0. The van der Waals surface area contributed by atoms with Crippen LogP contribution in [-0.4, -0.2) is 56.0 Å². The number of aliphatic imine (C=N–C) groups is 1.